The standard InChI is InChI=1S/C20H40O7P2/c1-13(2)17-9-7-15(5)11-19(17)25-29(24,27-28(21,22)23)26-20-12-16(6)8-10-18(20)14(3)4/h13-20H,7-12H2,1-6H3,(H2,21,22,23). The predicted molar refractivity (Wildman–Crippen MR) is 113 cm³/mol. The van der Waals surface area contributed by atoms with Crippen molar-refractivity contribution in [2.24, 2.45) is 35.5 Å². The van der Waals surface area contributed by atoms with Crippen LogP contribution in [0.2, 0.25) is 0 Å². The van der Waals surface area contributed by atoms with Gasteiger partial charge in [-0.3, -0.25) is 9.05 Å². The minimum Gasteiger partial charge on any atom is -0.302 e. The van der Waals surface area contributed by atoms with Crippen LogP contribution in [-0.4, -0.2) is 22.0 Å². The first-order chi connectivity index (χ1) is 13.3. The molecule has 2 aliphatic carbocycles. The lowest BCUT2D eigenvalue weighted by Crippen LogP contribution is -2.36. The molecule has 7 nitrogen and oxygen atoms in total. The molecular weight excluding hydrogens is 414 g/mol. The van der Waals surface area contributed by atoms with E-state index in [1.807, 2.05) is 0 Å². The van der Waals surface area contributed by atoms with E-state index in [1.54, 1.807) is 0 Å². The summed E-state index contributed by atoms with van der Waals surface area (Å²) in [5, 5.41) is 0. The Morgan fingerprint density at radius 2 is 1.14 bits per heavy atom. The maximum Gasteiger partial charge on any atom is 0.484 e. The molecule has 0 bridgehead atoms. The fourth-order valence-corrected chi connectivity index (χ4v) is 7.54. The Balaban J connectivity index is 2.27. The average molecular weight is 454 g/mol. The van der Waals surface area contributed by atoms with E-state index in [1.165, 1.54) is 0 Å². The van der Waals surface area contributed by atoms with Crippen molar-refractivity contribution >= 4 is 15.6 Å². The van der Waals surface area contributed by atoms with Gasteiger partial charge in [0.05, 0.1) is 12.2 Å². The van der Waals surface area contributed by atoms with E-state index in [9.17, 15) is 18.9 Å². The fourth-order valence-electron chi connectivity index (χ4n) is 5.00. The molecule has 2 saturated carbocycles. The van der Waals surface area contributed by atoms with Crippen molar-refractivity contribution in [2.75, 3.05) is 0 Å². The second-order valence-electron chi connectivity index (χ2n) is 9.96. The van der Waals surface area contributed by atoms with Crippen LogP contribution in [0.1, 0.15) is 80.1 Å². The molecule has 2 rings (SSSR count). The maximum absolute atomic E-state index is 13.6. The molecule has 0 spiro atoms. The summed E-state index contributed by atoms with van der Waals surface area (Å²) in [5.41, 5.74) is 0. The molecular formula is C20H40O7P2. The Labute approximate surface area is 176 Å². The molecule has 0 radical (unpaired) electrons. The van der Waals surface area contributed by atoms with E-state index >= 15 is 0 Å². The Morgan fingerprint density at radius 1 is 0.759 bits per heavy atom. The van der Waals surface area contributed by atoms with E-state index < -0.39 is 27.9 Å². The zero-order valence-electron chi connectivity index (χ0n) is 18.7. The first-order valence-corrected chi connectivity index (χ1v) is 14.0. The molecule has 6 unspecified atom stereocenters. The number of phosphoric acid groups is 2. The minimum atomic E-state index is -5.05. The van der Waals surface area contributed by atoms with Crippen LogP contribution in [0, 0.1) is 35.5 Å². The van der Waals surface area contributed by atoms with Crippen LogP contribution in [0.3, 0.4) is 0 Å². The topological polar surface area (TPSA) is 102 Å². The first kappa shape index (κ1) is 25.5. The summed E-state index contributed by atoms with van der Waals surface area (Å²) in [4.78, 5) is 18.8. The average Bonchev–Trinajstić information content (AvgIpc) is 2.51. The smallest absolute Gasteiger partial charge is 0.302 e. The number of phosphoric ester groups is 1. The van der Waals surface area contributed by atoms with E-state index in [2.05, 4.69) is 41.5 Å². The third-order valence-corrected chi connectivity index (χ3v) is 9.37. The molecule has 29 heavy (non-hydrogen) atoms. The lowest BCUT2D eigenvalue weighted by Gasteiger charge is -2.41. The second-order valence-corrected chi connectivity index (χ2v) is 12.9. The molecule has 0 aliphatic heterocycles. The third-order valence-electron chi connectivity index (χ3n) is 6.66. The molecule has 9 heteroatoms. The second kappa shape index (κ2) is 10.3. The Kier molecular flexibility index (Phi) is 9.02. The Hall–Kier alpha value is 0.260. The van der Waals surface area contributed by atoms with Crippen molar-refractivity contribution in [3.63, 3.8) is 0 Å². The van der Waals surface area contributed by atoms with Crippen molar-refractivity contribution in [1.82, 2.24) is 0 Å². The van der Waals surface area contributed by atoms with Crippen molar-refractivity contribution in [1.29, 1.82) is 0 Å². The maximum atomic E-state index is 13.6. The van der Waals surface area contributed by atoms with Crippen LogP contribution >= 0.6 is 15.6 Å². The Bertz CT molecular complexity index is 580. The van der Waals surface area contributed by atoms with Gasteiger partial charge in [0.1, 0.15) is 0 Å². The molecule has 2 fully saturated rings. The monoisotopic (exact) mass is 454 g/mol. The summed E-state index contributed by atoms with van der Waals surface area (Å²) in [6.45, 7) is 12.6. The van der Waals surface area contributed by atoms with Gasteiger partial charge in [-0.1, -0.05) is 54.4 Å². The highest BCUT2D eigenvalue weighted by Crippen LogP contribution is 2.64. The van der Waals surface area contributed by atoms with Gasteiger partial charge in [0.2, 0.25) is 0 Å². The van der Waals surface area contributed by atoms with Crippen LogP contribution in [0.4, 0.5) is 0 Å². The predicted octanol–water partition coefficient (Wildman–Crippen LogP) is 6.16. The van der Waals surface area contributed by atoms with Crippen LogP contribution in [0.5, 0.6) is 0 Å². The number of rotatable bonds is 8. The molecule has 0 aromatic heterocycles. The lowest BCUT2D eigenvalue weighted by molar-refractivity contribution is -0.0219. The van der Waals surface area contributed by atoms with Gasteiger partial charge in [0.25, 0.3) is 0 Å². The first-order valence-electron chi connectivity index (χ1n) is 11.0. The quantitative estimate of drug-likeness (QED) is 0.424. The Morgan fingerprint density at radius 3 is 1.45 bits per heavy atom. The molecule has 0 aromatic rings. The highest BCUT2D eigenvalue weighted by molar-refractivity contribution is 7.61. The molecule has 0 aromatic carbocycles. The molecule has 0 heterocycles. The number of hydrogen-bond acceptors (Lipinski definition) is 5. The fraction of sp³-hybridized carbons (Fsp3) is 1.00. The minimum absolute atomic E-state index is 0.148. The molecule has 2 N–H and O–H groups in total. The third kappa shape index (κ3) is 7.71. The molecule has 2 aliphatic rings. The lowest BCUT2D eigenvalue weighted by atomic mass is 9.75. The molecule has 0 saturated heterocycles. The highest BCUT2D eigenvalue weighted by atomic mass is 31.3. The van der Waals surface area contributed by atoms with Gasteiger partial charge in [0.15, 0.2) is 0 Å². The van der Waals surface area contributed by atoms with Gasteiger partial charge in [0, 0.05) is 0 Å². The van der Waals surface area contributed by atoms with Gasteiger partial charge in [-0.15, -0.1) is 0 Å². The van der Waals surface area contributed by atoms with Gasteiger partial charge in [-0.25, -0.2) is 9.13 Å². The van der Waals surface area contributed by atoms with E-state index in [4.69, 9.17) is 13.4 Å². The van der Waals surface area contributed by atoms with Gasteiger partial charge < -0.3 is 9.79 Å². The van der Waals surface area contributed by atoms with E-state index in [-0.39, 0.29) is 11.8 Å². The normalized spacial score (nSPS) is 36.3. The van der Waals surface area contributed by atoms with E-state index in [0.717, 1.165) is 25.7 Å². The van der Waals surface area contributed by atoms with Crippen molar-refractivity contribution in [2.45, 2.75) is 92.3 Å². The summed E-state index contributed by atoms with van der Waals surface area (Å²) < 4.78 is 41.7. The SMILES string of the molecule is CC1CCC(C(C)C)C(OP(=O)(OC2CC(C)CCC2C(C)C)OP(=O)(O)O)C1. The van der Waals surface area contributed by atoms with Gasteiger partial charge >= 0.3 is 15.6 Å². The molecule has 0 amide bonds. The van der Waals surface area contributed by atoms with Gasteiger partial charge in [-0.2, -0.15) is 4.31 Å². The van der Waals surface area contributed by atoms with Crippen molar-refractivity contribution in [3.8, 4) is 0 Å². The molecule has 172 valence electrons. The summed E-state index contributed by atoms with van der Waals surface area (Å²) in [6.07, 6.45) is 4.50. The van der Waals surface area contributed by atoms with Crippen molar-refractivity contribution < 1.29 is 32.3 Å². The summed E-state index contributed by atoms with van der Waals surface area (Å²) >= 11 is 0. The van der Waals surface area contributed by atoms with Crippen molar-refractivity contribution in [3.05, 3.63) is 0 Å². The van der Waals surface area contributed by atoms with Crippen LogP contribution < -0.4 is 0 Å². The summed E-state index contributed by atoms with van der Waals surface area (Å²) in [6, 6.07) is 0. The number of hydrogen-bond donors (Lipinski definition) is 2. The largest absolute Gasteiger partial charge is 0.484 e. The zero-order chi connectivity index (χ0) is 22.0. The van der Waals surface area contributed by atoms with E-state index in [0.29, 0.717) is 36.5 Å². The molecule has 6 atom stereocenters. The van der Waals surface area contributed by atoms with Crippen LogP contribution in [0.15, 0.2) is 0 Å². The van der Waals surface area contributed by atoms with Gasteiger partial charge in [-0.05, 0) is 61.2 Å². The summed E-state index contributed by atoms with van der Waals surface area (Å²) in [7, 11) is -9.50. The van der Waals surface area contributed by atoms with Crippen LogP contribution in [0.25, 0.3) is 0 Å². The van der Waals surface area contributed by atoms with Crippen LogP contribution in [-0.2, 0) is 22.5 Å². The highest BCUT2D eigenvalue weighted by Gasteiger charge is 2.46. The zero-order valence-corrected chi connectivity index (χ0v) is 20.5. The summed E-state index contributed by atoms with van der Waals surface area (Å²) in [5.74, 6) is 1.67.